The zero-order valence-electron chi connectivity index (χ0n) is 11.3. The molecule has 0 aromatic heterocycles. The summed E-state index contributed by atoms with van der Waals surface area (Å²) in [5.74, 6) is -0.268. The lowest BCUT2D eigenvalue weighted by molar-refractivity contribution is -0.129. The summed E-state index contributed by atoms with van der Waals surface area (Å²) in [4.78, 5) is 35.6. The number of carbonyl (C=O) groups excluding carboxylic acids is 3. The molecule has 1 saturated heterocycles. The Balaban J connectivity index is 2.00. The molecular formula is C14H17BrN2O3. The summed E-state index contributed by atoms with van der Waals surface area (Å²) in [6, 6.07) is -0.0285. The Morgan fingerprint density at radius 3 is 3.00 bits per heavy atom. The van der Waals surface area contributed by atoms with Crippen molar-refractivity contribution in [1.82, 2.24) is 10.2 Å². The lowest BCUT2D eigenvalue weighted by atomic mass is 10.0. The molecule has 1 atom stereocenters. The molecule has 1 aliphatic carbocycles. The van der Waals surface area contributed by atoms with E-state index in [2.05, 4.69) is 21.2 Å². The van der Waals surface area contributed by atoms with Gasteiger partial charge >= 0.3 is 0 Å². The minimum Gasteiger partial charge on any atom is -0.332 e. The van der Waals surface area contributed by atoms with E-state index in [4.69, 9.17) is 0 Å². The maximum atomic E-state index is 12.3. The van der Waals surface area contributed by atoms with Gasteiger partial charge < -0.3 is 4.90 Å². The fraction of sp³-hybridized carbons (Fsp3) is 0.500. The quantitative estimate of drug-likeness (QED) is 0.773. The number of rotatable bonds is 5. The second-order valence-corrected chi connectivity index (χ2v) is 6.00. The van der Waals surface area contributed by atoms with Gasteiger partial charge in [0.1, 0.15) is 0 Å². The molecule has 1 N–H and O–H groups in total. The molecule has 1 unspecified atom stereocenters. The summed E-state index contributed by atoms with van der Waals surface area (Å²) < 4.78 is 1.11. The molecule has 2 rings (SSSR count). The summed E-state index contributed by atoms with van der Waals surface area (Å²) in [6.07, 6.45) is 4.99. The fourth-order valence-electron chi connectivity index (χ4n) is 2.54. The van der Waals surface area contributed by atoms with Crippen LogP contribution in [0.2, 0.25) is 0 Å². The molecule has 1 heterocycles. The molecule has 1 fully saturated rings. The van der Waals surface area contributed by atoms with E-state index >= 15 is 0 Å². The highest BCUT2D eigenvalue weighted by molar-refractivity contribution is 9.11. The molecule has 0 spiro atoms. The van der Waals surface area contributed by atoms with E-state index in [0.29, 0.717) is 19.4 Å². The summed E-state index contributed by atoms with van der Waals surface area (Å²) in [5.41, 5.74) is 1.87. The largest absolute Gasteiger partial charge is 0.332 e. The number of hydrogen-bond acceptors (Lipinski definition) is 3. The van der Waals surface area contributed by atoms with Gasteiger partial charge in [0.05, 0.1) is 0 Å². The van der Waals surface area contributed by atoms with E-state index in [1.165, 1.54) is 0 Å². The number of imide groups is 1. The Bertz CT molecular complexity index is 511. The van der Waals surface area contributed by atoms with Crippen LogP contribution in [0.4, 0.5) is 0 Å². The van der Waals surface area contributed by atoms with Gasteiger partial charge in [-0.15, -0.1) is 0 Å². The second kappa shape index (κ2) is 6.35. The number of fused-ring (bicyclic) bond motifs is 1. The van der Waals surface area contributed by atoms with Gasteiger partial charge in [0.15, 0.2) is 0 Å². The topological polar surface area (TPSA) is 66.5 Å². The van der Waals surface area contributed by atoms with Crippen molar-refractivity contribution in [3.8, 4) is 0 Å². The van der Waals surface area contributed by atoms with Crippen LogP contribution in [0.5, 0.6) is 0 Å². The van der Waals surface area contributed by atoms with Crippen LogP contribution in [0.1, 0.15) is 32.6 Å². The Labute approximate surface area is 126 Å². The van der Waals surface area contributed by atoms with Crippen LogP contribution < -0.4 is 5.32 Å². The number of nitrogens with one attached hydrogen (secondary N) is 1. The number of halogens is 1. The molecule has 0 bridgehead atoms. The third-order valence-corrected chi connectivity index (χ3v) is 4.60. The molecule has 20 heavy (non-hydrogen) atoms. The van der Waals surface area contributed by atoms with Gasteiger partial charge in [-0.3, -0.25) is 19.7 Å². The summed E-state index contributed by atoms with van der Waals surface area (Å²) in [5, 5.41) is 2.11. The number of likely N-dealkylation sites (tertiary alicyclic amines) is 1. The van der Waals surface area contributed by atoms with Crippen LogP contribution in [0.3, 0.4) is 0 Å². The number of carbonyl (C=O) groups is 3. The molecule has 0 aromatic carbocycles. The third kappa shape index (κ3) is 3.00. The molecule has 2 aliphatic rings. The van der Waals surface area contributed by atoms with Gasteiger partial charge in [-0.05, 0) is 31.8 Å². The van der Waals surface area contributed by atoms with E-state index in [9.17, 15) is 14.4 Å². The predicted molar refractivity (Wildman–Crippen MR) is 77.9 cm³/mol. The lowest BCUT2D eigenvalue weighted by Gasteiger charge is -2.23. The smallest absolute Gasteiger partial charge is 0.254 e. The highest BCUT2D eigenvalue weighted by Gasteiger charge is 2.35. The van der Waals surface area contributed by atoms with Gasteiger partial charge in [-0.1, -0.05) is 22.0 Å². The van der Waals surface area contributed by atoms with Gasteiger partial charge in [0.25, 0.3) is 5.91 Å². The van der Waals surface area contributed by atoms with E-state index in [-0.39, 0.29) is 24.3 Å². The molecule has 0 radical (unpaired) electrons. The lowest BCUT2D eigenvalue weighted by Crippen LogP contribution is -2.35. The summed E-state index contributed by atoms with van der Waals surface area (Å²) in [6.45, 7) is 2.53. The van der Waals surface area contributed by atoms with E-state index in [0.717, 1.165) is 28.5 Å². The van der Waals surface area contributed by atoms with Gasteiger partial charge in [-0.25, -0.2) is 0 Å². The Hall–Kier alpha value is -1.43. The van der Waals surface area contributed by atoms with Crippen LogP contribution in [-0.4, -0.2) is 35.7 Å². The zero-order valence-corrected chi connectivity index (χ0v) is 12.9. The molecule has 3 amide bonds. The first-order valence-electron chi connectivity index (χ1n) is 6.66. The SMILES string of the molecule is CC(CCC(=O)NC=O)N1CC2=C(Br)CCC=C2C1=O. The van der Waals surface area contributed by atoms with Gasteiger partial charge in [0, 0.05) is 29.1 Å². The predicted octanol–water partition coefficient (Wildman–Crippen LogP) is 1.64. The molecular weight excluding hydrogens is 324 g/mol. The highest BCUT2D eigenvalue weighted by atomic mass is 79.9. The minimum absolute atomic E-state index is 0.0285. The zero-order chi connectivity index (χ0) is 14.7. The number of hydrogen-bond donors (Lipinski definition) is 1. The van der Waals surface area contributed by atoms with Crippen molar-refractivity contribution < 1.29 is 14.4 Å². The second-order valence-electron chi connectivity index (χ2n) is 5.05. The minimum atomic E-state index is -0.310. The highest BCUT2D eigenvalue weighted by Crippen LogP contribution is 2.36. The van der Waals surface area contributed by atoms with Crippen molar-refractivity contribution in [2.45, 2.75) is 38.6 Å². The Morgan fingerprint density at radius 1 is 1.60 bits per heavy atom. The van der Waals surface area contributed by atoms with E-state index in [1.807, 2.05) is 13.0 Å². The van der Waals surface area contributed by atoms with Crippen molar-refractivity contribution in [3.63, 3.8) is 0 Å². The molecule has 1 aliphatic heterocycles. The van der Waals surface area contributed by atoms with E-state index in [1.54, 1.807) is 4.90 Å². The maximum Gasteiger partial charge on any atom is 0.254 e. The average Bonchev–Trinajstić information content (AvgIpc) is 2.76. The molecule has 0 aromatic rings. The molecule has 6 heteroatoms. The molecule has 108 valence electrons. The third-order valence-electron chi connectivity index (χ3n) is 3.73. The van der Waals surface area contributed by atoms with Crippen LogP contribution >= 0.6 is 15.9 Å². The van der Waals surface area contributed by atoms with Gasteiger partial charge in [-0.2, -0.15) is 0 Å². The van der Waals surface area contributed by atoms with Crippen molar-refractivity contribution in [1.29, 1.82) is 0 Å². The fourth-order valence-corrected chi connectivity index (χ4v) is 3.11. The van der Waals surface area contributed by atoms with Gasteiger partial charge in [0.2, 0.25) is 12.3 Å². The van der Waals surface area contributed by atoms with Crippen molar-refractivity contribution in [2.75, 3.05) is 6.54 Å². The maximum absolute atomic E-state index is 12.3. The number of amides is 3. The average molecular weight is 341 g/mol. The number of nitrogens with zero attached hydrogens (tertiary/aromatic N) is 1. The first-order valence-corrected chi connectivity index (χ1v) is 7.46. The standard InChI is InChI=1S/C14H17BrN2O3/c1-9(5-6-13(19)16-8-18)17-7-11-10(14(17)20)3-2-4-12(11)15/h3,8-9H,2,4-7H2,1H3,(H,16,18,19). The van der Waals surface area contributed by atoms with Crippen LogP contribution in [-0.2, 0) is 14.4 Å². The van der Waals surface area contributed by atoms with Crippen LogP contribution in [0, 0.1) is 0 Å². The first kappa shape index (κ1) is 15.0. The molecule has 5 nitrogen and oxygen atoms in total. The van der Waals surface area contributed by atoms with Crippen molar-refractivity contribution >= 4 is 34.2 Å². The monoisotopic (exact) mass is 340 g/mol. The van der Waals surface area contributed by atoms with Crippen molar-refractivity contribution in [3.05, 3.63) is 21.7 Å². The Kier molecular flexibility index (Phi) is 4.75. The number of allylic oxidation sites excluding steroid dienone is 2. The van der Waals surface area contributed by atoms with Crippen LogP contribution in [0.15, 0.2) is 21.7 Å². The van der Waals surface area contributed by atoms with Crippen LogP contribution in [0.25, 0.3) is 0 Å². The first-order chi connectivity index (χ1) is 9.54. The summed E-state index contributed by atoms with van der Waals surface area (Å²) >= 11 is 3.54. The molecule has 0 saturated carbocycles. The Morgan fingerprint density at radius 2 is 2.35 bits per heavy atom. The van der Waals surface area contributed by atoms with E-state index < -0.39 is 0 Å². The normalized spacial score (nSPS) is 19.6. The van der Waals surface area contributed by atoms with Crippen molar-refractivity contribution in [2.24, 2.45) is 0 Å². The summed E-state index contributed by atoms with van der Waals surface area (Å²) in [7, 11) is 0.